The van der Waals surface area contributed by atoms with E-state index in [2.05, 4.69) is 15.4 Å². The van der Waals surface area contributed by atoms with Crippen molar-refractivity contribution in [3.05, 3.63) is 70.8 Å². The Labute approximate surface area is 297 Å². The van der Waals surface area contributed by atoms with Gasteiger partial charge in [-0.15, -0.1) is 0 Å². The number of esters is 1. The smallest absolute Gasteiger partial charge is 0.416 e. The molecule has 5 rings (SSSR count). The molecule has 3 fully saturated rings. The summed E-state index contributed by atoms with van der Waals surface area (Å²) in [6.07, 6.45) is -20.5. The van der Waals surface area contributed by atoms with E-state index in [1.807, 2.05) is 0 Å². The first-order valence-electron chi connectivity index (χ1n) is 16.0. The van der Waals surface area contributed by atoms with Crippen molar-refractivity contribution in [1.82, 2.24) is 10.6 Å². The summed E-state index contributed by atoms with van der Waals surface area (Å²) in [6.45, 7) is 1.19. The van der Waals surface area contributed by atoms with Gasteiger partial charge in [-0.25, -0.2) is 4.79 Å². The summed E-state index contributed by atoms with van der Waals surface area (Å²) < 4.78 is 120. The van der Waals surface area contributed by atoms with Gasteiger partial charge in [0.05, 0.1) is 24.8 Å². The summed E-state index contributed by atoms with van der Waals surface area (Å²) in [5, 5.41) is 26.0. The number of benzene rings is 2. The second-order valence-corrected chi connectivity index (χ2v) is 12.7. The highest BCUT2D eigenvalue weighted by Gasteiger charge is 2.58. The number of nitrogens with one attached hydrogen (secondary N) is 2. The van der Waals surface area contributed by atoms with Gasteiger partial charge in [-0.1, -0.05) is 12.1 Å². The number of halogens is 6. The van der Waals surface area contributed by atoms with E-state index >= 15 is 0 Å². The van der Waals surface area contributed by atoms with E-state index in [0.29, 0.717) is 12.1 Å². The molecule has 0 aromatic heterocycles. The van der Waals surface area contributed by atoms with Crippen molar-refractivity contribution < 1.29 is 84.1 Å². The largest absolute Gasteiger partial charge is 0.467 e. The summed E-state index contributed by atoms with van der Waals surface area (Å²) in [6, 6.07) is 5.58. The zero-order valence-corrected chi connectivity index (χ0v) is 28.2. The molecule has 3 heterocycles. The molecule has 53 heavy (non-hydrogen) atoms. The van der Waals surface area contributed by atoms with Gasteiger partial charge in [-0.3, -0.25) is 9.59 Å². The van der Waals surface area contributed by atoms with E-state index < -0.39 is 121 Å². The van der Waals surface area contributed by atoms with Crippen molar-refractivity contribution in [3.8, 4) is 0 Å². The van der Waals surface area contributed by atoms with Gasteiger partial charge in [-0.2, -0.15) is 26.3 Å². The Morgan fingerprint density at radius 2 is 1.42 bits per heavy atom. The second kappa shape index (κ2) is 15.8. The Kier molecular flexibility index (Phi) is 12.0. The monoisotopic (exact) mass is 766 g/mol. The number of ether oxygens (including phenoxy) is 7. The maximum Gasteiger partial charge on any atom is 0.416 e. The summed E-state index contributed by atoms with van der Waals surface area (Å²) in [7, 11) is 1.05. The van der Waals surface area contributed by atoms with E-state index in [1.165, 1.54) is 6.07 Å². The molecule has 14 nitrogen and oxygen atoms in total. The third-order valence-electron chi connectivity index (χ3n) is 8.52. The van der Waals surface area contributed by atoms with Crippen LogP contribution in [-0.4, -0.2) is 116 Å². The number of methoxy groups -OCH3 is 1. The molecular formula is C33H36F6N2O12. The molecule has 3 aliphatic heterocycles. The lowest BCUT2D eigenvalue weighted by Gasteiger charge is -2.44. The molecule has 3 saturated heterocycles. The van der Waals surface area contributed by atoms with Gasteiger partial charge in [0, 0.05) is 17.7 Å². The van der Waals surface area contributed by atoms with Crippen molar-refractivity contribution in [1.29, 1.82) is 0 Å². The molecule has 0 bridgehead atoms. The maximum absolute atomic E-state index is 13.4. The molecule has 4 N–H and O–H groups in total. The Morgan fingerprint density at radius 1 is 0.849 bits per heavy atom. The fourth-order valence-corrected chi connectivity index (χ4v) is 6.01. The first-order chi connectivity index (χ1) is 24.8. The van der Waals surface area contributed by atoms with Crippen molar-refractivity contribution in [3.63, 3.8) is 0 Å². The number of amides is 2. The van der Waals surface area contributed by atoms with Gasteiger partial charge in [-0.05, 0) is 50.2 Å². The topological polar surface area (TPSA) is 180 Å². The Hall–Kier alpha value is -3.89. The fourth-order valence-electron chi connectivity index (χ4n) is 6.01. The summed E-state index contributed by atoms with van der Waals surface area (Å²) in [5.41, 5.74) is -2.90. The molecule has 9 atom stereocenters. The number of fused-ring (bicyclic) bond motifs is 1. The van der Waals surface area contributed by atoms with Crippen LogP contribution >= 0.6 is 0 Å². The van der Waals surface area contributed by atoms with E-state index in [4.69, 9.17) is 28.4 Å². The first kappa shape index (κ1) is 40.3. The van der Waals surface area contributed by atoms with Gasteiger partial charge in [0.25, 0.3) is 11.8 Å². The number of aliphatic hydroxyl groups is 2. The molecule has 2 aromatic carbocycles. The number of carbonyl (C=O) groups is 3. The highest BCUT2D eigenvalue weighted by molar-refractivity contribution is 5.95. The number of carbonyl (C=O) groups excluding carboxylic acids is 3. The molecular weight excluding hydrogens is 730 g/mol. The van der Waals surface area contributed by atoms with Gasteiger partial charge in [0.2, 0.25) is 0 Å². The minimum absolute atomic E-state index is 0.285. The molecule has 0 radical (unpaired) electrons. The highest BCUT2D eigenvalue weighted by Crippen LogP contribution is 2.40. The van der Waals surface area contributed by atoms with Crippen LogP contribution in [0.2, 0.25) is 0 Å². The van der Waals surface area contributed by atoms with E-state index in [1.54, 1.807) is 13.8 Å². The molecule has 0 spiro atoms. The molecule has 0 saturated carbocycles. The number of hydrogen-bond donors (Lipinski definition) is 4. The molecule has 0 aliphatic carbocycles. The van der Waals surface area contributed by atoms with Gasteiger partial charge < -0.3 is 54.0 Å². The zero-order chi connectivity index (χ0) is 38.9. The van der Waals surface area contributed by atoms with Crippen LogP contribution in [0, 0.1) is 0 Å². The van der Waals surface area contributed by atoms with Crippen LogP contribution in [0.3, 0.4) is 0 Å². The number of aliphatic hydroxyl groups excluding tert-OH is 2. The van der Waals surface area contributed by atoms with Crippen LogP contribution in [0.1, 0.15) is 45.7 Å². The lowest BCUT2D eigenvalue weighted by Crippen LogP contribution is -2.66. The van der Waals surface area contributed by atoms with E-state index in [9.17, 15) is 50.9 Å². The lowest BCUT2D eigenvalue weighted by atomic mass is 9.96. The van der Waals surface area contributed by atoms with Crippen LogP contribution in [-0.2, 0) is 50.3 Å². The van der Waals surface area contributed by atoms with E-state index in [-0.39, 0.29) is 12.1 Å². The number of rotatable bonds is 11. The second-order valence-electron chi connectivity index (χ2n) is 12.7. The zero-order valence-electron chi connectivity index (χ0n) is 28.2. The van der Waals surface area contributed by atoms with Crippen molar-refractivity contribution >= 4 is 17.8 Å². The van der Waals surface area contributed by atoms with Gasteiger partial charge in [0.15, 0.2) is 18.4 Å². The third-order valence-corrected chi connectivity index (χ3v) is 8.52. The van der Waals surface area contributed by atoms with E-state index in [0.717, 1.165) is 37.4 Å². The first-order valence-corrected chi connectivity index (χ1v) is 16.0. The summed E-state index contributed by atoms with van der Waals surface area (Å²) in [4.78, 5) is 38.2. The summed E-state index contributed by atoms with van der Waals surface area (Å²) in [5.74, 6) is -4.11. The lowest BCUT2D eigenvalue weighted by molar-refractivity contribution is -0.329. The predicted octanol–water partition coefficient (Wildman–Crippen LogP) is 2.15. The SMILES string of the molecule is COC(=O)CO[C@@H]1C(NC(=O)c2cccc(C(F)(F)F)c2)C(OC2O[C@H](CNC(=O)c3cccc(C(F)(F)F)c3)C3OC(C)(C)O[C@@H]23)OC(CO)[C@H]1O. The van der Waals surface area contributed by atoms with Crippen LogP contribution < -0.4 is 10.6 Å². The van der Waals surface area contributed by atoms with Crippen molar-refractivity contribution in [2.75, 3.05) is 26.9 Å². The predicted molar refractivity (Wildman–Crippen MR) is 164 cm³/mol. The van der Waals surface area contributed by atoms with Crippen LogP contribution in [0.5, 0.6) is 0 Å². The van der Waals surface area contributed by atoms with Crippen molar-refractivity contribution in [2.45, 2.75) is 87.2 Å². The number of alkyl halides is 6. The van der Waals surface area contributed by atoms with Gasteiger partial charge in [0.1, 0.15) is 49.3 Å². The average Bonchev–Trinajstić information content (AvgIpc) is 3.59. The average molecular weight is 767 g/mol. The Balaban J connectivity index is 1.39. The normalized spacial score (nSPS) is 29.7. The Bertz CT molecular complexity index is 1640. The molecule has 292 valence electrons. The van der Waals surface area contributed by atoms with Crippen LogP contribution in [0.15, 0.2) is 48.5 Å². The van der Waals surface area contributed by atoms with Gasteiger partial charge >= 0.3 is 18.3 Å². The molecule has 20 heteroatoms. The maximum atomic E-state index is 13.4. The minimum Gasteiger partial charge on any atom is -0.467 e. The summed E-state index contributed by atoms with van der Waals surface area (Å²) >= 11 is 0. The molecule has 3 aliphatic rings. The number of hydrogen-bond acceptors (Lipinski definition) is 12. The van der Waals surface area contributed by atoms with Crippen LogP contribution in [0.25, 0.3) is 0 Å². The highest BCUT2D eigenvalue weighted by atomic mass is 19.4. The molecule has 2 amide bonds. The quantitative estimate of drug-likeness (QED) is 0.194. The third kappa shape index (κ3) is 9.44. The Morgan fingerprint density at radius 3 is 1.98 bits per heavy atom. The minimum atomic E-state index is -4.79. The molecule has 5 unspecified atom stereocenters. The van der Waals surface area contributed by atoms with Crippen molar-refractivity contribution in [2.24, 2.45) is 0 Å². The standard InChI is InChI=1S/C33H36F6N2O12/c1-31(2)52-24-19(12-40-27(45)15-6-4-8-17(10-15)32(34,35)36)49-30(26(24)53-31)51-29-22(25(48-14-21(43)47-3)23(44)20(13-42)50-29)41-28(46)16-7-5-9-18(11-16)33(37,38)39/h4-11,19-20,22-26,29-30,42,44H,12-14H2,1-3H3,(H,40,45)(H,41,46)/t19-,20?,22?,23-,24?,25-,26-,29?,30?/m1/s1. The molecule has 2 aromatic rings. The van der Waals surface area contributed by atoms with Crippen LogP contribution in [0.4, 0.5) is 26.3 Å². The fraction of sp³-hybridized carbons (Fsp3) is 0.545.